The summed E-state index contributed by atoms with van der Waals surface area (Å²) in [5.41, 5.74) is -0.830. The number of imidazole rings is 2. The van der Waals surface area contributed by atoms with Gasteiger partial charge in [0, 0.05) is 24.8 Å². The van der Waals surface area contributed by atoms with Crippen LogP contribution in [0.25, 0.3) is 0 Å². The Morgan fingerprint density at radius 3 is 1.74 bits per heavy atom. The summed E-state index contributed by atoms with van der Waals surface area (Å²) in [6, 6.07) is 0. The van der Waals surface area contributed by atoms with Gasteiger partial charge in [0.2, 0.25) is 0 Å². The predicted octanol–water partition coefficient (Wildman–Crippen LogP) is 5.19. The van der Waals surface area contributed by atoms with Gasteiger partial charge in [-0.05, 0) is 41.5 Å². The summed E-state index contributed by atoms with van der Waals surface area (Å²) in [5.74, 6) is -0.688. The molecule has 0 atom stereocenters. The molecule has 0 saturated carbocycles. The quantitative estimate of drug-likeness (QED) is 0.442. The molecule has 0 bridgehead atoms. The van der Waals surface area contributed by atoms with Crippen LogP contribution in [0.5, 0.6) is 0 Å². The number of carbonyl (C=O) groups is 2. The highest BCUT2D eigenvalue weighted by Gasteiger charge is 2.16. The monoisotopic (exact) mass is 518 g/mol. The van der Waals surface area contributed by atoms with Crippen molar-refractivity contribution in [1.82, 2.24) is 19.5 Å². The third-order valence-corrected chi connectivity index (χ3v) is 2.44. The van der Waals surface area contributed by atoms with E-state index in [0.29, 0.717) is 0 Å². The summed E-state index contributed by atoms with van der Waals surface area (Å²) in [7, 11) is 0. The fraction of sp³-hybridized carbons (Fsp3) is 0.579. The third-order valence-electron chi connectivity index (χ3n) is 2.23. The lowest BCUT2D eigenvalue weighted by atomic mass is 10.2. The molecule has 12 heteroatoms. The average molecular weight is 520 g/mol. The number of aromatic amines is 1. The largest absolute Gasteiger partial charge is 0.459 e. The summed E-state index contributed by atoms with van der Waals surface area (Å²) in [5, 5.41) is 0. The van der Waals surface area contributed by atoms with Crippen LogP contribution in [-0.2, 0) is 25.6 Å². The number of halogens is 4. The van der Waals surface area contributed by atoms with Crippen LogP contribution in [0.15, 0.2) is 37.4 Å². The highest BCUT2D eigenvalue weighted by Crippen LogP contribution is 2.08. The van der Waals surface area contributed by atoms with Crippen molar-refractivity contribution in [2.24, 2.45) is 0 Å². The van der Waals surface area contributed by atoms with Crippen molar-refractivity contribution >= 4 is 58.3 Å². The number of esters is 2. The van der Waals surface area contributed by atoms with Gasteiger partial charge in [-0.25, -0.2) is 9.97 Å². The predicted molar refractivity (Wildman–Crippen MR) is 125 cm³/mol. The second-order valence-corrected chi connectivity index (χ2v) is 9.80. The van der Waals surface area contributed by atoms with E-state index in [4.69, 9.17) is 55.9 Å². The van der Waals surface area contributed by atoms with Gasteiger partial charge in [-0.15, -0.1) is 11.6 Å². The lowest BCUT2D eigenvalue weighted by Crippen LogP contribution is -2.26. The minimum atomic E-state index is -0.750. The molecule has 0 unspecified atom stereocenters. The normalized spacial score (nSPS) is 10.4. The van der Waals surface area contributed by atoms with Crippen LogP contribution >= 0.6 is 46.4 Å². The zero-order valence-electron chi connectivity index (χ0n) is 18.4. The van der Waals surface area contributed by atoms with Crippen molar-refractivity contribution in [2.45, 2.75) is 63.6 Å². The average Bonchev–Trinajstić information content (AvgIpc) is 3.27. The number of aromatic nitrogens is 4. The summed E-state index contributed by atoms with van der Waals surface area (Å²) in [6.45, 7) is 11.2. The number of hydrogen-bond acceptors (Lipinski definition) is 6. The van der Waals surface area contributed by atoms with Gasteiger partial charge in [-0.1, -0.05) is 34.8 Å². The van der Waals surface area contributed by atoms with Crippen molar-refractivity contribution in [3.8, 4) is 0 Å². The van der Waals surface area contributed by atoms with Crippen molar-refractivity contribution in [2.75, 3.05) is 5.88 Å². The van der Waals surface area contributed by atoms with Gasteiger partial charge in [0.25, 0.3) is 0 Å². The van der Waals surface area contributed by atoms with Crippen LogP contribution in [0.2, 0.25) is 0 Å². The highest BCUT2D eigenvalue weighted by atomic mass is 35.6. The lowest BCUT2D eigenvalue weighted by molar-refractivity contribution is -0.155. The molecule has 2 rings (SSSR count). The zero-order valence-corrected chi connectivity index (χ0v) is 21.5. The first-order chi connectivity index (χ1) is 14.2. The summed E-state index contributed by atoms with van der Waals surface area (Å²) >= 11 is 19.6. The topological polar surface area (TPSA) is 99.1 Å². The number of ether oxygens (including phenoxy) is 2. The van der Waals surface area contributed by atoms with Crippen LogP contribution < -0.4 is 0 Å². The second kappa shape index (κ2) is 17.1. The smallest absolute Gasteiger partial charge is 0.326 e. The number of hydrogen-bond donors (Lipinski definition) is 1. The molecule has 8 nitrogen and oxygen atoms in total. The van der Waals surface area contributed by atoms with Crippen LogP contribution in [0.3, 0.4) is 0 Å². The minimum Gasteiger partial charge on any atom is -0.459 e. The molecule has 0 spiro atoms. The van der Waals surface area contributed by atoms with Crippen LogP contribution in [0.4, 0.5) is 0 Å². The molecule has 0 aliphatic rings. The number of rotatable bonds is 3. The second-order valence-electron chi connectivity index (χ2n) is 7.55. The van der Waals surface area contributed by atoms with E-state index in [2.05, 4.69) is 15.0 Å². The molecule has 178 valence electrons. The number of nitrogens with one attached hydrogen (secondary N) is 1. The Hall–Kier alpha value is -1.48. The van der Waals surface area contributed by atoms with E-state index in [1.807, 2.05) is 20.8 Å². The fourth-order valence-electron chi connectivity index (χ4n) is 1.49. The molecule has 31 heavy (non-hydrogen) atoms. The number of carbonyl (C=O) groups excluding carboxylic acids is 2. The van der Waals surface area contributed by atoms with E-state index in [0.717, 1.165) is 0 Å². The molecule has 0 amide bonds. The van der Waals surface area contributed by atoms with Gasteiger partial charge < -0.3 is 19.0 Å². The molecule has 0 aliphatic heterocycles. The molecular weight excluding hydrogens is 490 g/mol. The molecule has 1 N–H and O–H groups in total. The summed E-state index contributed by atoms with van der Waals surface area (Å²) in [6.07, 6.45) is 10.0. The van der Waals surface area contributed by atoms with E-state index in [1.54, 1.807) is 62.8 Å². The Labute approximate surface area is 203 Å². The van der Waals surface area contributed by atoms with E-state index < -0.39 is 15.5 Å². The molecule has 0 saturated heterocycles. The van der Waals surface area contributed by atoms with Crippen molar-refractivity contribution in [3.05, 3.63) is 37.4 Å². The van der Waals surface area contributed by atoms with Crippen molar-refractivity contribution < 1.29 is 19.1 Å². The fourth-order valence-corrected chi connectivity index (χ4v) is 1.54. The molecule has 0 aromatic carbocycles. The molecule has 2 heterocycles. The zero-order chi connectivity index (χ0) is 24.5. The van der Waals surface area contributed by atoms with Gasteiger partial charge in [0.15, 0.2) is 4.30 Å². The Bertz CT molecular complexity index is 663. The Morgan fingerprint density at radius 1 is 0.968 bits per heavy atom. The molecule has 2 aromatic rings. The van der Waals surface area contributed by atoms with Crippen LogP contribution in [0, 0.1) is 0 Å². The van der Waals surface area contributed by atoms with E-state index in [1.165, 1.54) is 0 Å². The van der Waals surface area contributed by atoms with Gasteiger partial charge in [-0.3, -0.25) is 9.59 Å². The number of H-pyrrole nitrogens is 1. The molecular formula is C19H30Cl4N4O4. The minimum absolute atomic E-state index is 0.0722. The standard InChI is InChI=1S/C9H14N2O2.C6H11ClO2.C3H4N2.CHCl3/c1-9(2,3)13-8(12)6-11-5-4-10-7-11;1-6(2,3)9-5(8)4-7;1-2-5-3-4-1;2-1(3)4/h4-5,7H,6H2,1-3H3;4H2,1-3H3;1-3H,(H,4,5);1H. The molecule has 0 fully saturated rings. The van der Waals surface area contributed by atoms with Crippen LogP contribution in [0.1, 0.15) is 41.5 Å². The highest BCUT2D eigenvalue weighted by molar-refractivity contribution is 6.63. The van der Waals surface area contributed by atoms with Gasteiger partial charge in [-0.2, -0.15) is 0 Å². The van der Waals surface area contributed by atoms with Gasteiger partial charge >= 0.3 is 11.9 Å². The van der Waals surface area contributed by atoms with E-state index in [-0.39, 0.29) is 24.4 Å². The Kier molecular flexibility index (Phi) is 17.5. The van der Waals surface area contributed by atoms with E-state index in [9.17, 15) is 9.59 Å². The van der Waals surface area contributed by atoms with Crippen molar-refractivity contribution in [1.29, 1.82) is 0 Å². The van der Waals surface area contributed by atoms with Crippen molar-refractivity contribution in [3.63, 3.8) is 0 Å². The molecule has 0 radical (unpaired) electrons. The first kappa shape index (κ1) is 31.7. The Balaban J connectivity index is 0. The van der Waals surface area contributed by atoms with Crippen LogP contribution in [-0.4, -0.2) is 52.8 Å². The first-order valence-electron chi connectivity index (χ1n) is 8.96. The number of alkyl halides is 4. The summed E-state index contributed by atoms with van der Waals surface area (Å²) < 4.78 is 10.9. The molecule has 0 aliphatic carbocycles. The first-order valence-corrected chi connectivity index (χ1v) is 10.8. The van der Waals surface area contributed by atoms with Gasteiger partial charge in [0.1, 0.15) is 23.6 Å². The lowest BCUT2D eigenvalue weighted by Gasteiger charge is -2.19. The Morgan fingerprint density at radius 2 is 1.48 bits per heavy atom. The third kappa shape index (κ3) is 28.5. The number of nitrogens with zero attached hydrogens (tertiary/aromatic N) is 3. The summed E-state index contributed by atoms with van der Waals surface area (Å²) in [4.78, 5) is 32.0. The van der Waals surface area contributed by atoms with Gasteiger partial charge in [0.05, 0.1) is 12.7 Å². The molecule has 2 aromatic heterocycles. The maximum atomic E-state index is 11.3. The maximum Gasteiger partial charge on any atom is 0.326 e. The SMILES string of the molecule is CC(C)(C)OC(=O)CCl.CC(C)(C)OC(=O)Cn1ccnc1.ClC(Cl)Cl.c1c[nH]cn1. The maximum absolute atomic E-state index is 11.3. The van der Waals surface area contributed by atoms with E-state index >= 15 is 0 Å².